The smallest absolute Gasteiger partial charge is 1.00 e. The number of hydrogen-bond donors (Lipinski definition) is 4. The fraction of sp³-hybridized carbons (Fsp3) is 0.333. The maximum atomic E-state index is 10.8. The first-order valence-electron chi connectivity index (χ1n) is 5.92. The molecule has 21 heavy (non-hydrogen) atoms. The molecule has 0 aliphatic carbocycles. The minimum absolute atomic E-state index is 0. The quantitative estimate of drug-likeness (QED) is 0.336. The minimum Gasteiger partial charge on any atom is -1.00 e. The summed E-state index contributed by atoms with van der Waals surface area (Å²) in [6.07, 6.45) is 0. The van der Waals surface area contributed by atoms with E-state index in [4.69, 9.17) is 10.8 Å². The van der Waals surface area contributed by atoms with E-state index in [9.17, 15) is 9.59 Å². The summed E-state index contributed by atoms with van der Waals surface area (Å²) < 4.78 is 4.46. The topological polar surface area (TPSA) is 117 Å². The normalized spacial score (nSPS) is 13.4. The van der Waals surface area contributed by atoms with Gasteiger partial charge in [0.15, 0.2) is 0 Å². The number of phenols is 1. The summed E-state index contributed by atoms with van der Waals surface area (Å²) >= 11 is 0. The van der Waals surface area contributed by atoms with Crippen LogP contribution in [0.3, 0.4) is 0 Å². The van der Waals surface area contributed by atoms with Crippen molar-refractivity contribution in [2.24, 2.45) is 5.73 Å². The van der Waals surface area contributed by atoms with Gasteiger partial charge in [-0.1, -0.05) is 0 Å². The van der Waals surface area contributed by atoms with E-state index in [0.717, 1.165) is 13.1 Å². The van der Waals surface area contributed by atoms with Crippen LogP contribution in [-0.2, 0) is 4.74 Å². The van der Waals surface area contributed by atoms with Gasteiger partial charge in [-0.05, 0) is 24.3 Å². The molecule has 112 valence electrons. The maximum absolute atomic E-state index is 10.8. The summed E-state index contributed by atoms with van der Waals surface area (Å²) in [6, 6.07) is 5.37. The van der Waals surface area contributed by atoms with Gasteiger partial charge >= 0.3 is 41.6 Å². The van der Waals surface area contributed by atoms with Gasteiger partial charge in [-0.25, -0.2) is 14.6 Å². The number of carbonyl (C=O) groups is 2. The maximum Gasteiger partial charge on any atom is 1.00 e. The zero-order valence-corrected chi connectivity index (χ0v) is 14.1. The Morgan fingerprint density at radius 1 is 1.43 bits per heavy atom. The first kappa shape index (κ1) is 19.7. The second kappa shape index (κ2) is 10.4. The molecule has 0 spiro atoms. The summed E-state index contributed by atoms with van der Waals surface area (Å²) in [6.45, 7) is 2.41. The van der Waals surface area contributed by atoms with Crippen LogP contribution >= 0.6 is 0 Å². The van der Waals surface area contributed by atoms with Crippen molar-refractivity contribution in [1.29, 1.82) is 0 Å². The van der Waals surface area contributed by atoms with Gasteiger partial charge in [0.2, 0.25) is 0 Å². The molecule has 1 saturated heterocycles. The first-order valence-corrected chi connectivity index (χ1v) is 5.92. The number of nitrogens with one attached hydrogen (secondary N) is 2. The van der Waals surface area contributed by atoms with E-state index in [-0.39, 0.29) is 36.7 Å². The van der Waals surface area contributed by atoms with Gasteiger partial charge in [-0.3, -0.25) is 5.43 Å². The monoisotopic (exact) mass is 306 g/mol. The summed E-state index contributed by atoms with van der Waals surface area (Å²) in [4.78, 5) is 21.0. The van der Waals surface area contributed by atoms with E-state index >= 15 is 0 Å². The molecule has 9 heteroatoms. The number of primary amides is 1. The SMILES string of the molecule is COC(=O)c1ccc(O)cc1.NC(=O)NN1CCNC1.[H-].[Na+]. The zero-order chi connectivity index (χ0) is 15.0. The van der Waals surface area contributed by atoms with Gasteiger partial charge in [-0.2, -0.15) is 0 Å². The van der Waals surface area contributed by atoms with Crippen molar-refractivity contribution in [3.05, 3.63) is 29.8 Å². The molecule has 2 amide bonds. The largest absolute Gasteiger partial charge is 1.00 e. The van der Waals surface area contributed by atoms with Crippen LogP contribution in [0.4, 0.5) is 4.79 Å². The molecule has 1 heterocycles. The number of nitrogens with zero attached hydrogens (tertiary/aromatic N) is 1. The van der Waals surface area contributed by atoms with Gasteiger partial charge in [0.05, 0.1) is 19.3 Å². The molecule has 1 aliphatic heterocycles. The number of methoxy groups -OCH3 is 1. The Kier molecular flexibility index (Phi) is 9.76. The number of nitrogens with two attached hydrogens (primary N) is 1. The fourth-order valence-electron chi connectivity index (χ4n) is 1.47. The Hall–Kier alpha value is -1.32. The van der Waals surface area contributed by atoms with Crippen molar-refractivity contribution in [3.63, 3.8) is 0 Å². The molecule has 8 nitrogen and oxygen atoms in total. The van der Waals surface area contributed by atoms with Gasteiger partial charge in [0, 0.05) is 13.1 Å². The molecule has 1 aliphatic rings. The van der Waals surface area contributed by atoms with E-state index in [0.29, 0.717) is 12.2 Å². The molecule has 0 atom stereocenters. The molecule has 1 fully saturated rings. The van der Waals surface area contributed by atoms with Crippen LogP contribution in [0.5, 0.6) is 5.75 Å². The number of ether oxygens (including phenoxy) is 1. The molecule has 0 bridgehead atoms. The van der Waals surface area contributed by atoms with E-state index < -0.39 is 12.0 Å². The Balaban J connectivity index is 0. The number of aromatic hydroxyl groups is 1. The van der Waals surface area contributed by atoms with Crippen molar-refractivity contribution in [2.75, 3.05) is 26.9 Å². The number of phenolic OH excluding ortho intramolecular Hbond substituents is 1. The molecule has 0 radical (unpaired) electrons. The van der Waals surface area contributed by atoms with Gasteiger partial charge in [0.25, 0.3) is 0 Å². The van der Waals surface area contributed by atoms with Crippen LogP contribution in [0.15, 0.2) is 24.3 Å². The van der Waals surface area contributed by atoms with E-state index in [1.165, 1.54) is 31.4 Å². The van der Waals surface area contributed by atoms with E-state index in [1.807, 2.05) is 0 Å². The second-order valence-electron chi connectivity index (χ2n) is 3.94. The Morgan fingerprint density at radius 2 is 2.05 bits per heavy atom. The van der Waals surface area contributed by atoms with Crippen LogP contribution in [0.25, 0.3) is 0 Å². The number of carbonyl (C=O) groups excluding carboxylic acids is 2. The Labute approximate surface area is 146 Å². The number of rotatable bonds is 2. The van der Waals surface area contributed by atoms with Crippen molar-refractivity contribution in [2.45, 2.75) is 0 Å². The molecule has 0 unspecified atom stereocenters. The van der Waals surface area contributed by atoms with Gasteiger partial charge in [-0.15, -0.1) is 0 Å². The summed E-state index contributed by atoms with van der Waals surface area (Å²) in [7, 11) is 1.31. The molecular weight excluding hydrogens is 287 g/mol. The van der Waals surface area contributed by atoms with Crippen molar-refractivity contribution in [3.8, 4) is 5.75 Å². The van der Waals surface area contributed by atoms with Crippen LogP contribution in [0, 0.1) is 0 Å². The third-order valence-electron chi connectivity index (χ3n) is 2.42. The molecule has 0 saturated carbocycles. The van der Waals surface area contributed by atoms with E-state index in [1.54, 1.807) is 5.01 Å². The number of amides is 2. The summed E-state index contributed by atoms with van der Waals surface area (Å²) in [5.74, 6) is -0.261. The van der Waals surface area contributed by atoms with Gasteiger partial charge < -0.3 is 22.3 Å². The number of esters is 1. The van der Waals surface area contributed by atoms with Crippen LogP contribution in [-0.4, -0.2) is 49.0 Å². The average Bonchev–Trinajstić information content (AvgIpc) is 2.91. The molecule has 5 N–H and O–H groups in total. The predicted octanol–water partition coefficient (Wildman–Crippen LogP) is -3.27. The number of hydrazine groups is 1. The predicted molar refractivity (Wildman–Crippen MR) is 72.9 cm³/mol. The molecule has 1 aromatic rings. The fourth-order valence-corrected chi connectivity index (χ4v) is 1.47. The average molecular weight is 306 g/mol. The molecule has 1 aromatic carbocycles. The van der Waals surface area contributed by atoms with Crippen molar-refractivity contribution < 1.29 is 50.4 Å². The van der Waals surface area contributed by atoms with Gasteiger partial charge in [0.1, 0.15) is 5.75 Å². The minimum atomic E-state index is -0.501. The van der Waals surface area contributed by atoms with Crippen LogP contribution < -0.4 is 46.0 Å². The zero-order valence-electron chi connectivity index (χ0n) is 13.1. The van der Waals surface area contributed by atoms with Crippen molar-refractivity contribution >= 4 is 12.0 Å². The number of urea groups is 1. The Morgan fingerprint density at radius 3 is 2.48 bits per heavy atom. The van der Waals surface area contributed by atoms with E-state index in [2.05, 4.69) is 15.5 Å². The molecule has 2 rings (SSSR count). The second-order valence-corrected chi connectivity index (χ2v) is 3.94. The number of benzene rings is 1. The first-order chi connectivity index (χ1) is 9.52. The number of hydrogen-bond acceptors (Lipinski definition) is 6. The summed E-state index contributed by atoms with van der Waals surface area (Å²) in [5.41, 5.74) is 7.74. The van der Waals surface area contributed by atoms with Crippen LogP contribution in [0.2, 0.25) is 0 Å². The summed E-state index contributed by atoms with van der Waals surface area (Å²) in [5, 5.41) is 13.6. The molecular formula is C12H19N4NaO4. The third-order valence-corrected chi connectivity index (χ3v) is 2.42. The Bertz CT molecular complexity index is 455. The third kappa shape index (κ3) is 7.88. The van der Waals surface area contributed by atoms with Crippen LogP contribution in [0.1, 0.15) is 11.8 Å². The standard InChI is InChI=1S/C8H8O3.C4H10N4O.Na.H/c1-11-8(10)6-2-4-7(9)5-3-6;5-4(9)7-8-2-1-6-3-8;;/h2-5,9H,1H3;6H,1-3H2,(H3,5,7,9);;/q;;+1;-1. The molecule has 0 aromatic heterocycles. The van der Waals surface area contributed by atoms with Crippen molar-refractivity contribution in [1.82, 2.24) is 15.8 Å².